The molecule has 2 aliphatic heterocycles. The molecule has 0 saturated carbocycles. The second-order valence-electron chi connectivity index (χ2n) is 5.02. The van der Waals surface area contributed by atoms with Gasteiger partial charge in [-0.2, -0.15) is 0 Å². The van der Waals surface area contributed by atoms with Crippen molar-refractivity contribution in [2.45, 2.75) is 18.4 Å². The first-order chi connectivity index (χ1) is 8.15. The maximum atomic E-state index is 10.9. The predicted molar refractivity (Wildman–Crippen MR) is 65.7 cm³/mol. The highest BCUT2D eigenvalue weighted by molar-refractivity contribution is 5.89. The Balaban J connectivity index is 1.96. The lowest BCUT2D eigenvalue weighted by Gasteiger charge is -2.32. The van der Waals surface area contributed by atoms with Crippen LogP contribution in [0, 0.1) is 0 Å². The standard InChI is InChI=1S/C13H16N2O2/c1-15-5-4-11-10(7-15)9-3-2-8(13(16)17)6-12(9)14-11/h2-3,6,10-11,14H,4-5,7H2,1H3,(H,16,17). The first kappa shape index (κ1) is 10.6. The molecule has 1 saturated heterocycles. The van der Waals surface area contributed by atoms with E-state index in [0.717, 1.165) is 25.2 Å². The number of likely N-dealkylation sites (N-methyl/N-ethyl adjacent to an activating group) is 1. The van der Waals surface area contributed by atoms with Crippen molar-refractivity contribution in [2.75, 3.05) is 25.5 Å². The first-order valence-electron chi connectivity index (χ1n) is 5.97. The van der Waals surface area contributed by atoms with Gasteiger partial charge in [-0.1, -0.05) is 6.07 Å². The minimum atomic E-state index is -0.860. The van der Waals surface area contributed by atoms with E-state index in [1.165, 1.54) is 5.56 Å². The van der Waals surface area contributed by atoms with Gasteiger partial charge in [0.25, 0.3) is 0 Å². The average molecular weight is 232 g/mol. The van der Waals surface area contributed by atoms with E-state index in [0.29, 0.717) is 17.5 Å². The van der Waals surface area contributed by atoms with E-state index in [1.54, 1.807) is 12.1 Å². The number of likely N-dealkylation sites (tertiary alicyclic amines) is 1. The summed E-state index contributed by atoms with van der Waals surface area (Å²) in [6, 6.07) is 5.91. The van der Waals surface area contributed by atoms with Crippen LogP contribution in [0.1, 0.15) is 28.3 Å². The van der Waals surface area contributed by atoms with Crippen LogP contribution in [0.5, 0.6) is 0 Å². The zero-order chi connectivity index (χ0) is 12.0. The van der Waals surface area contributed by atoms with Crippen molar-refractivity contribution < 1.29 is 9.90 Å². The molecular formula is C13H16N2O2. The average Bonchev–Trinajstić information content (AvgIpc) is 2.66. The number of hydrogen-bond acceptors (Lipinski definition) is 3. The summed E-state index contributed by atoms with van der Waals surface area (Å²) in [6.45, 7) is 2.16. The Morgan fingerprint density at radius 1 is 1.53 bits per heavy atom. The second kappa shape index (κ2) is 3.74. The molecule has 90 valence electrons. The number of nitrogens with one attached hydrogen (secondary N) is 1. The van der Waals surface area contributed by atoms with E-state index in [1.807, 2.05) is 6.07 Å². The Bertz CT molecular complexity index is 472. The highest BCUT2D eigenvalue weighted by Gasteiger charge is 2.35. The zero-order valence-electron chi connectivity index (χ0n) is 9.81. The molecule has 2 unspecified atom stereocenters. The van der Waals surface area contributed by atoms with Crippen LogP contribution >= 0.6 is 0 Å². The smallest absolute Gasteiger partial charge is 0.335 e. The molecule has 17 heavy (non-hydrogen) atoms. The molecule has 4 heteroatoms. The number of anilines is 1. The Morgan fingerprint density at radius 2 is 2.35 bits per heavy atom. The van der Waals surface area contributed by atoms with E-state index in [9.17, 15) is 4.79 Å². The summed E-state index contributed by atoms with van der Waals surface area (Å²) in [5.74, 6) is -0.354. The maximum absolute atomic E-state index is 10.9. The summed E-state index contributed by atoms with van der Waals surface area (Å²) >= 11 is 0. The second-order valence-corrected chi connectivity index (χ2v) is 5.02. The largest absolute Gasteiger partial charge is 0.478 e. The minimum Gasteiger partial charge on any atom is -0.478 e. The molecule has 0 radical (unpaired) electrons. The Kier molecular flexibility index (Phi) is 2.33. The number of carboxylic acids is 1. The van der Waals surface area contributed by atoms with E-state index in [4.69, 9.17) is 5.11 Å². The number of hydrogen-bond donors (Lipinski definition) is 2. The van der Waals surface area contributed by atoms with Crippen molar-refractivity contribution >= 4 is 11.7 Å². The van der Waals surface area contributed by atoms with Gasteiger partial charge in [0.15, 0.2) is 0 Å². The number of carboxylic acid groups (broad SMARTS) is 1. The van der Waals surface area contributed by atoms with E-state index >= 15 is 0 Å². The van der Waals surface area contributed by atoms with Gasteiger partial charge >= 0.3 is 5.97 Å². The molecule has 4 nitrogen and oxygen atoms in total. The van der Waals surface area contributed by atoms with Gasteiger partial charge in [0, 0.05) is 24.2 Å². The van der Waals surface area contributed by atoms with Crippen LogP contribution in [-0.4, -0.2) is 42.2 Å². The van der Waals surface area contributed by atoms with Gasteiger partial charge in [-0.25, -0.2) is 4.79 Å². The van der Waals surface area contributed by atoms with Gasteiger partial charge in [-0.15, -0.1) is 0 Å². The van der Waals surface area contributed by atoms with Crippen molar-refractivity contribution in [3.63, 3.8) is 0 Å². The van der Waals surface area contributed by atoms with Gasteiger partial charge < -0.3 is 15.3 Å². The van der Waals surface area contributed by atoms with Crippen molar-refractivity contribution in [3.8, 4) is 0 Å². The molecule has 1 fully saturated rings. The van der Waals surface area contributed by atoms with Crippen LogP contribution in [0.4, 0.5) is 5.69 Å². The van der Waals surface area contributed by atoms with Crippen LogP contribution in [0.25, 0.3) is 0 Å². The number of aromatic carboxylic acids is 1. The van der Waals surface area contributed by atoms with Gasteiger partial charge in [0.2, 0.25) is 0 Å². The van der Waals surface area contributed by atoms with Gasteiger partial charge in [-0.3, -0.25) is 0 Å². The Hall–Kier alpha value is -1.55. The molecule has 0 aliphatic carbocycles. The topological polar surface area (TPSA) is 52.6 Å². The predicted octanol–water partition coefficient (Wildman–Crippen LogP) is 1.60. The number of benzene rings is 1. The summed E-state index contributed by atoms with van der Waals surface area (Å²) in [6.07, 6.45) is 1.12. The monoisotopic (exact) mass is 232 g/mol. The molecule has 0 amide bonds. The lowest BCUT2D eigenvalue weighted by Crippen LogP contribution is -2.39. The lowest BCUT2D eigenvalue weighted by atomic mass is 9.89. The van der Waals surface area contributed by atoms with Crippen LogP contribution in [0.15, 0.2) is 18.2 Å². The van der Waals surface area contributed by atoms with Crippen LogP contribution in [0.2, 0.25) is 0 Å². The molecule has 2 heterocycles. The first-order valence-corrected chi connectivity index (χ1v) is 5.97. The SMILES string of the molecule is CN1CCC2Nc3cc(C(=O)O)ccc3C2C1. The molecule has 1 aromatic rings. The van der Waals surface area contributed by atoms with Gasteiger partial charge in [-0.05, 0) is 37.7 Å². The third-order valence-electron chi connectivity index (χ3n) is 3.86. The van der Waals surface area contributed by atoms with Crippen LogP contribution < -0.4 is 5.32 Å². The summed E-state index contributed by atoms with van der Waals surface area (Å²) in [5, 5.41) is 12.4. The molecular weight excluding hydrogens is 216 g/mol. The van der Waals surface area contributed by atoms with Crippen LogP contribution in [0.3, 0.4) is 0 Å². The Morgan fingerprint density at radius 3 is 3.12 bits per heavy atom. The van der Waals surface area contributed by atoms with Crippen molar-refractivity contribution in [3.05, 3.63) is 29.3 Å². The highest BCUT2D eigenvalue weighted by atomic mass is 16.4. The van der Waals surface area contributed by atoms with Crippen molar-refractivity contribution in [2.24, 2.45) is 0 Å². The summed E-state index contributed by atoms with van der Waals surface area (Å²) in [5.41, 5.74) is 2.64. The maximum Gasteiger partial charge on any atom is 0.335 e. The van der Waals surface area contributed by atoms with E-state index in [-0.39, 0.29) is 0 Å². The highest BCUT2D eigenvalue weighted by Crippen LogP contribution is 2.40. The molecule has 2 atom stereocenters. The zero-order valence-corrected chi connectivity index (χ0v) is 9.81. The molecule has 2 N–H and O–H groups in total. The number of fused-ring (bicyclic) bond motifs is 3. The minimum absolute atomic E-state index is 0.364. The van der Waals surface area contributed by atoms with Crippen LogP contribution in [-0.2, 0) is 0 Å². The summed E-state index contributed by atoms with van der Waals surface area (Å²) in [4.78, 5) is 13.3. The fourth-order valence-electron chi connectivity index (χ4n) is 2.94. The van der Waals surface area contributed by atoms with Gasteiger partial charge in [0.1, 0.15) is 0 Å². The number of carbonyl (C=O) groups is 1. The summed E-state index contributed by atoms with van der Waals surface area (Å²) < 4.78 is 0. The quantitative estimate of drug-likeness (QED) is 0.772. The van der Waals surface area contributed by atoms with E-state index in [2.05, 4.69) is 17.3 Å². The molecule has 2 aliphatic rings. The fourth-order valence-corrected chi connectivity index (χ4v) is 2.94. The third-order valence-corrected chi connectivity index (χ3v) is 3.86. The van der Waals surface area contributed by atoms with E-state index < -0.39 is 5.97 Å². The third kappa shape index (κ3) is 1.69. The lowest BCUT2D eigenvalue weighted by molar-refractivity contribution is 0.0697. The fraction of sp³-hybridized carbons (Fsp3) is 0.462. The number of rotatable bonds is 1. The van der Waals surface area contributed by atoms with Crippen molar-refractivity contribution in [1.82, 2.24) is 4.90 Å². The Labute approximate surface area is 100 Å². The number of nitrogens with zero attached hydrogens (tertiary/aromatic N) is 1. The summed E-state index contributed by atoms with van der Waals surface area (Å²) in [7, 11) is 2.14. The normalized spacial score (nSPS) is 27.1. The molecule has 1 aromatic carbocycles. The van der Waals surface area contributed by atoms with Crippen molar-refractivity contribution in [1.29, 1.82) is 0 Å². The molecule has 3 rings (SSSR count). The number of piperidine rings is 1. The molecule has 0 aromatic heterocycles. The van der Waals surface area contributed by atoms with Gasteiger partial charge in [0.05, 0.1) is 5.56 Å². The molecule has 0 bridgehead atoms. The molecule has 0 spiro atoms.